The number of nitrogens with two attached hydrogens (primary N) is 1. The summed E-state index contributed by atoms with van der Waals surface area (Å²) < 4.78 is 13.8. The Kier molecular flexibility index (Phi) is 5.87. The van der Waals surface area contributed by atoms with Gasteiger partial charge in [0.25, 0.3) is 0 Å². The van der Waals surface area contributed by atoms with E-state index in [1.54, 1.807) is 19.9 Å². The Balaban J connectivity index is 0.00000256. The Labute approximate surface area is 114 Å². The summed E-state index contributed by atoms with van der Waals surface area (Å²) in [5.41, 5.74) is 5.56. The van der Waals surface area contributed by atoms with Gasteiger partial charge in [-0.3, -0.25) is 0 Å². The number of rotatable bonds is 3. The molecule has 0 fully saturated rings. The van der Waals surface area contributed by atoms with Crippen LogP contribution in [0.4, 0.5) is 4.39 Å². The van der Waals surface area contributed by atoms with Crippen LogP contribution in [0.3, 0.4) is 0 Å². The topological polar surface area (TPSA) is 66.5 Å². The zero-order chi connectivity index (χ0) is 12.5. The first-order valence-electron chi connectivity index (χ1n) is 4.84. The summed E-state index contributed by atoms with van der Waals surface area (Å²) in [4.78, 5) is 0. The van der Waals surface area contributed by atoms with Crippen molar-refractivity contribution >= 4 is 28.3 Å². The van der Waals surface area contributed by atoms with E-state index >= 15 is 0 Å². The van der Waals surface area contributed by atoms with Crippen LogP contribution >= 0.6 is 28.3 Å². The van der Waals surface area contributed by atoms with E-state index in [-0.39, 0.29) is 24.6 Å². The fraction of sp³-hybridized carbons (Fsp3) is 0.455. The van der Waals surface area contributed by atoms with Gasteiger partial charge in [0.2, 0.25) is 0 Å². The Morgan fingerprint density at radius 3 is 2.47 bits per heavy atom. The quantitative estimate of drug-likeness (QED) is 0.799. The van der Waals surface area contributed by atoms with Gasteiger partial charge in [-0.15, -0.1) is 12.4 Å². The third kappa shape index (κ3) is 3.55. The van der Waals surface area contributed by atoms with Crippen LogP contribution in [-0.4, -0.2) is 16.8 Å². The van der Waals surface area contributed by atoms with E-state index in [1.165, 1.54) is 0 Å². The molecule has 0 aliphatic rings. The smallest absolute Gasteiger partial charge is 0.166 e. The van der Waals surface area contributed by atoms with Gasteiger partial charge < -0.3 is 15.9 Å². The summed E-state index contributed by atoms with van der Waals surface area (Å²) in [6.45, 7) is 3.34. The monoisotopic (exact) mass is 327 g/mol. The molecule has 0 heterocycles. The summed E-state index contributed by atoms with van der Waals surface area (Å²) in [5.74, 6) is -1.19. The molecular formula is C11H16BrClFNO2. The second-order valence-corrected chi connectivity index (χ2v) is 5.37. The van der Waals surface area contributed by atoms with Crippen molar-refractivity contribution in [3.05, 3.63) is 28.0 Å². The normalized spacial score (nSPS) is 13.1. The molecule has 0 saturated heterocycles. The minimum absolute atomic E-state index is 0. The second-order valence-electron chi connectivity index (χ2n) is 4.45. The van der Waals surface area contributed by atoms with E-state index in [0.717, 1.165) is 6.07 Å². The first-order valence-corrected chi connectivity index (χ1v) is 5.63. The second kappa shape index (κ2) is 6.00. The van der Waals surface area contributed by atoms with Gasteiger partial charge in [0, 0.05) is 28.1 Å². The van der Waals surface area contributed by atoms with Crippen LogP contribution in [0.1, 0.15) is 25.5 Å². The van der Waals surface area contributed by atoms with Crippen LogP contribution in [0, 0.1) is 11.2 Å². The molecule has 0 radical (unpaired) electrons. The predicted molar refractivity (Wildman–Crippen MR) is 70.8 cm³/mol. The van der Waals surface area contributed by atoms with Gasteiger partial charge in [0.05, 0.1) is 0 Å². The lowest BCUT2D eigenvalue weighted by Crippen LogP contribution is -2.32. The summed E-state index contributed by atoms with van der Waals surface area (Å²) in [6.07, 6.45) is 0. The lowest BCUT2D eigenvalue weighted by molar-refractivity contribution is 0.131. The van der Waals surface area contributed by atoms with Crippen LogP contribution in [0.25, 0.3) is 0 Å². The highest BCUT2D eigenvalue weighted by molar-refractivity contribution is 9.10. The highest BCUT2D eigenvalue weighted by Gasteiger charge is 2.30. The maximum absolute atomic E-state index is 13.3. The summed E-state index contributed by atoms with van der Waals surface area (Å²) in [6, 6.07) is 2.07. The Morgan fingerprint density at radius 1 is 1.47 bits per heavy atom. The fourth-order valence-electron chi connectivity index (χ4n) is 1.34. The number of aromatic hydroxyl groups is 1. The first-order chi connectivity index (χ1) is 7.29. The number of halogens is 3. The molecule has 0 amide bonds. The molecule has 0 unspecified atom stereocenters. The van der Waals surface area contributed by atoms with E-state index < -0.39 is 23.0 Å². The molecule has 0 aromatic heterocycles. The van der Waals surface area contributed by atoms with Gasteiger partial charge in [-0.25, -0.2) is 4.39 Å². The molecule has 6 heteroatoms. The minimum atomic E-state index is -0.728. The highest BCUT2D eigenvalue weighted by atomic mass is 79.9. The van der Waals surface area contributed by atoms with Gasteiger partial charge in [0.15, 0.2) is 11.6 Å². The lowest BCUT2D eigenvalue weighted by Gasteiger charge is -2.30. The number of benzene rings is 1. The van der Waals surface area contributed by atoms with Crippen LogP contribution in [0.5, 0.6) is 5.75 Å². The fourth-order valence-corrected chi connectivity index (χ4v) is 1.79. The van der Waals surface area contributed by atoms with Gasteiger partial charge in [-0.2, -0.15) is 0 Å². The third-order valence-corrected chi connectivity index (χ3v) is 3.10. The highest BCUT2D eigenvalue weighted by Crippen LogP contribution is 2.37. The van der Waals surface area contributed by atoms with Gasteiger partial charge in [0.1, 0.15) is 0 Å². The SMILES string of the molecule is CC(C)(CO)[C@@H](N)c1cc(Br)cc(F)c1O.Cl. The number of hydrogen-bond donors (Lipinski definition) is 3. The summed E-state index contributed by atoms with van der Waals surface area (Å²) in [5, 5.41) is 18.8. The van der Waals surface area contributed by atoms with Crippen molar-refractivity contribution in [1.29, 1.82) is 0 Å². The Bertz CT molecular complexity index is 401. The number of aliphatic hydroxyl groups is 1. The van der Waals surface area contributed by atoms with Crippen molar-refractivity contribution < 1.29 is 14.6 Å². The zero-order valence-electron chi connectivity index (χ0n) is 9.58. The van der Waals surface area contributed by atoms with Crippen molar-refractivity contribution in [3.63, 3.8) is 0 Å². The van der Waals surface area contributed by atoms with E-state index in [2.05, 4.69) is 15.9 Å². The minimum Gasteiger partial charge on any atom is -0.505 e. The van der Waals surface area contributed by atoms with Crippen LogP contribution in [0.15, 0.2) is 16.6 Å². The molecule has 1 aromatic rings. The van der Waals surface area contributed by atoms with Crippen molar-refractivity contribution in [3.8, 4) is 5.75 Å². The van der Waals surface area contributed by atoms with Gasteiger partial charge in [-0.1, -0.05) is 29.8 Å². The standard InChI is InChI=1S/C11H15BrFNO2.ClH/c1-11(2,5-15)10(14)7-3-6(12)4-8(13)9(7)16;/h3-4,10,15-16H,5,14H2,1-2H3;1H/t10-;/m0./s1. The number of phenolic OH excluding ortho intramolecular Hbond substituents is 1. The molecule has 0 saturated carbocycles. The number of aliphatic hydroxyl groups excluding tert-OH is 1. The van der Waals surface area contributed by atoms with Crippen molar-refractivity contribution in [2.75, 3.05) is 6.61 Å². The summed E-state index contributed by atoms with van der Waals surface area (Å²) >= 11 is 3.13. The zero-order valence-corrected chi connectivity index (χ0v) is 12.0. The van der Waals surface area contributed by atoms with Crippen molar-refractivity contribution in [2.24, 2.45) is 11.1 Å². The molecule has 17 heavy (non-hydrogen) atoms. The van der Waals surface area contributed by atoms with Crippen LogP contribution in [-0.2, 0) is 0 Å². The Morgan fingerprint density at radius 2 is 2.00 bits per heavy atom. The first kappa shape index (κ1) is 16.6. The number of hydrogen-bond acceptors (Lipinski definition) is 3. The largest absolute Gasteiger partial charge is 0.505 e. The molecule has 0 aliphatic carbocycles. The van der Waals surface area contributed by atoms with E-state index in [1.807, 2.05) is 0 Å². The summed E-state index contributed by atoms with van der Waals surface area (Å²) in [7, 11) is 0. The molecule has 0 bridgehead atoms. The van der Waals surface area contributed by atoms with E-state index in [0.29, 0.717) is 4.47 Å². The molecular weight excluding hydrogens is 312 g/mol. The van der Waals surface area contributed by atoms with Crippen molar-refractivity contribution in [1.82, 2.24) is 0 Å². The van der Waals surface area contributed by atoms with E-state index in [9.17, 15) is 14.6 Å². The maximum atomic E-state index is 13.3. The third-order valence-electron chi connectivity index (χ3n) is 2.64. The average molecular weight is 329 g/mol. The van der Waals surface area contributed by atoms with Gasteiger partial charge in [-0.05, 0) is 12.1 Å². The van der Waals surface area contributed by atoms with Crippen LogP contribution < -0.4 is 5.73 Å². The Hall–Kier alpha value is -0.360. The van der Waals surface area contributed by atoms with E-state index in [4.69, 9.17) is 5.73 Å². The maximum Gasteiger partial charge on any atom is 0.166 e. The lowest BCUT2D eigenvalue weighted by atomic mass is 9.81. The molecule has 1 atom stereocenters. The number of phenols is 1. The molecule has 3 nitrogen and oxygen atoms in total. The molecule has 0 spiro atoms. The molecule has 1 rings (SSSR count). The predicted octanol–water partition coefficient (Wildman–Crippen LogP) is 2.73. The molecule has 4 N–H and O–H groups in total. The average Bonchev–Trinajstić information content (AvgIpc) is 2.22. The van der Waals surface area contributed by atoms with Gasteiger partial charge >= 0.3 is 0 Å². The van der Waals surface area contributed by atoms with Crippen molar-refractivity contribution in [2.45, 2.75) is 19.9 Å². The molecule has 1 aromatic carbocycles. The molecule has 0 aliphatic heterocycles. The molecule has 98 valence electrons. The van der Waals surface area contributed by atoms with Crippen LogP contribution in [0.2, 0.25) is 0 Å².